The normalized spacial score (nSPS) is 14.6. The van der Waals surface area contributed by atoms with Crippen molar-refractivity contribution in [2.45, 2.75) is 6.42 Å². The molecular formula is C19H22N4O3. The van der Waals surface area contributed by atoms with Crippen LogP contribution in [0.2, 0.25) is 0 Å². The molecule has 136 valence electrons. The van der Waals surface area contributed by atoms with Gasteiger partial charge >= 0.3 is 0 Å². The lowest BCUT2D eigenvalue weighted by atomic mass is 10.2. The average molecular weight is 354 g/mol. The van der Waals surface area contributed by atoms with Crippen LogP contribution >= 0.6 is 0 Å². The molecule has 2 aromatic rings. The number of hydrogen-bond acceptors (Lipinski definition) is 5. The van der Waals surface area contributed by atoms with Gasteiger partial charge in [-0.1, -0.05) is 6.07 Å². The van der Waals surface area contributed by atoms with E-state index >= 15 is 0 Å². The van der Waals surface area contributed by atoms with Gasteiger partial charge in [0.2, 0.25) is 11.8 Å². The largest absolute Gasteiger partial charge is 0.465 e. The third kappa shape index (κ3) is 4.95. The summed E-state index contributed by atoms with van der Waals surface area (Å²) in [6, 6.07) is 9.34. The Balaban J connectivity index is 1.36. The number of nitrogens with zero attached hydrogens (tertiary/aromatic N) is 3. The molecule has 0 saturated carbocycles. The van der Waals surface area contributed by atoms with E-state index in [0.717, 1.165) is 18.9 Å². The van der Waals surface area contributed by atoms with Crippen molar-refractivity contribution in [1.82, 2.24) is 15.2 Å². The number of carbonyl (C=O) groups excluding carboxylic acids is 2. The molecule has 1 aliphatic rings. The molecule has 7 nitrogen and oxygen atoms in total. The van der Waals surface area contributed by atoms with E-state index in [1.54, 1.807) is 30.7 Å². The van der Waals surface area contributed by atoms with Crippen LogP contribution in [0, 0.1) is 0 Å². The number of aromatic nitrogens is 1. The second-order valence-electron chi connectivity index (χ2n) is 5.95. The predicted octanol–water partition coefficient (Wildman–Crippen LogP) is 1.54. The maximum atomic E-state index is 12.3. The van der Waals surface area contributed by atoms with Crippen molar-refractivity contribution < 1.29 is 14.0 Å². The average Bonchev–Trinajstić information content (AvgIpc) is 3.21. The minimum Gasteiger partial charge on any atom is -0.465 e. The monoisotopic (exact) mass is 354 g/mol. The second kappa shape index (κ2) is 8.84. The van der Waals surface area contributed by atoms with Crippen molar-refractivity contribution in [2.24, 2.45) is 0 Å². The maximum absolute atomic E-state index is 12.3. The third-order valence-electron chi connectivity index (χ3n) is 4.19. The lowest BCUT2D eigenvalue weighted by molar-refractivity contribution is -0.131. The number of amides is 2. The Morgan fingerprint density at radius 2 is 2.00 bits per heavy atom. The van der Waals surface area contributed by atoms with Crippen LogP contribution in [-0.4, -0.2) is 54.4 Å². The molecule has 1 fully saturated rings. The summed E-state index contributed by atoms with van der Waals surface area (Å²) in [5.74, 6) is 1.37. The van der Waals surface area contributed by atoms with Crippen LogP contribution in [0.4, 0.5) is 5.82 Å². The number of carbonyl (C=O) groups is 2. The lowest BCUT2D eigenvalue weighted by Gasteiger charge is -2.35. The molecule has 0 aromatic carbocycles. The minimum absolute atomic E-state index is 0.0565. The van der Waals surface area contributed by atoms with Crippen LogP contribution in [0.1, 0.15) is 12.2 Å². The highest BCUT2D eigenvalue weighted by Crippen LogP contribution is 2.12. The maximum Gasteiger partial charge on any atom is 0.244 e. The number of piperazine rings is 1. The summed E-state index contributed by atoms with van der Waals surface area (Å²) in [5, 5.41) is 2.71. The van der Waals surface area contributed by atoms with Crippen molar-refractivity contribution in [3.8, 4) is 0 Å². The van der Waals surface area contributed by atoms with Crippen LogP contribution in [0.5, 0.6) is 0 Å². The van der Waals surface area contributed by atoms with E-state index < -0.39 is 0 Å². The van der Waals surface area contributed by atoms with Crippen LogP contribution in [0.25, 0.3) is 6.08 Å². The first-order valence-corrected chi connectivity index (χ1v) is 8.65. The summed E-state index contributed by atoms with van der Waals surface area (Å²) >= 11 is 0. The van der Waals surface area contributed by atoms with Gasteiger partial charge in [-0.3, -0.25) is 9.59 Å². The van der Waals surface area contributed by atoms with Crippen molar-refractivity contribution in [3.05, 3.63) is 54.6 Å². The van der Waals surface area contributed by atoms with Crippen molar-refractivity contribution in [2.75, 3.05) is 37.6 Å². The summed E-state index contributed by atoms with van der Waals surface area (Å²) in [5.41, 5.74) is 0. The zero-order chi connectivity index (χ0) is 18.2. The highest BCUT2D eigenvalue weighted by molar-refractivity contribution is 5.91. The van der Waals surface area contributed by atoms with E-state index in [4.69, 9.17) is 4.42 Å². The topological polar surface area (TPSA) is 78.7 Å². The Hall–Kier alpha value is -3.09. The zero-order valence-corrected chi connectivity index (χ0v) is 14.5. The fourth-order valence-electron chi connectivity index (χ4n) is 2.78. The fourth-order valence-corrected chi connectivity index (χ4v) is 2.78. The number of furan rings is 1. The Morgan fingerprint density at radius 3 is 2.69 bits per heavy atom. The molecule has 1 N–H and O–H groups in total. The highest BCUT2D eigenvalue weighted by Gasteiger charge is 2.21. The number of hydrogen-bond donors (Lipinski definition) is 1. The number of anilines is 1. The first-order chi connectivity index (χ1) is 12.7. The summed E-state index contributed by atoms with van der Waals surface area (Å²) < 4.78 is 5.11. The summed E-state index contributed by atoms with van der Waals surface area (Å²) in [7, 11) is 0. The first-order valence-electron chi connectivity index (χ1n) is 8.65. The summed E-state index contributed by atoms with van der Waals surface area (Å²) in [6.45, 7) is 3.19. The van der Waals surface area contributed by atoms with Crippen LogP contribution in [-0.2, 0) is 9.59 Å². The SMILES string of the molecule is O=C(C=Cc1ccco1)NCCC(=O)N1CCN(c2ccccn2)CC1. The van der Waals surface area contributed by atoms with Crippen molar-refractivity contribution in [1.29, 1.82) is 0 Å². The lowest BCUT2D eigenvalue weighted by Crippen LogP contribution is -2.49. The minimum atomic E-state index is -0.242. The number of pyridine rings is 1. The van der Waals surface area contributed by atoms with Gasteiger partial charge in [-0.05, 0) is 30.3 Å². The molecule has 0 radical (unpaired) electrons. The van der Waals surface area contributed by atoms with Gasteiger partial charge in [-0.25, -0.2) is 4.98 Å². The molecule has 26 heavy (non-hydrogen) atoms. The molecule has 2 amide bonds. The van der Waals surface area contributed by atoms with Crippen molar-refractivity contribution >= 4 is 23.7 Å². The summed E-state index contributed by atoms with van der Waals surface area (Å²) in [4.78, 5) is 32.3. The Labute approximate surface area is 152 Å². The standard InChI is InChI=1S/C19H22N4O3/c24-18(7-6-16-4-3-15-26-16)21-10-8-19(25)23-13-11-22(12-14-23)17-5-1-2-9-20-17/h1-7,9,15H,8,10-14H2,(H,21,24). The quantitative estimate of drug-likeness (QED) is 0.796. The Kier molecular flexibility index (Phi) is 6.03. The van der Waals surface area contributed by atoms with Gasteiger partial charge in [-0.15, -0.1) is 0 Å². The Bertz CT molecular complexity index is 735. The van der Waals surface area contributed by atoms with E-state index in [-0.39, 0.29) is 11.8 Å². The van der Waals surface area contributed by atoms with Gasteiger partial charge in [0.15, 0.2) is 0 Å². The number of nitrogens with one attached hydrogen (secondary N) is 1. The molecule has 0 unspecified atom stereocenters. The molecule has 1 aliphatic heterocycles. The van der Waals surface area contributed by atoms with E-state index in [1.807, 2.05) is 23.1 Å². The molecule has 0 spiro atoms. The summed E-state index contributed by atoms with van der Waals surface area (Å²) in [6.07, 6.45) is 6.60. The molecule has 0 atom stereocenters. The van der Waals surface area contributed by atoms with Gasteiger partial charge in [0.05, 0.1) is 6.26 Å². The van der Waals surface area contributed by atoms with Crippen LogP contribution in [0.3, 0.4) is 0 Å². The molecule has 1 saturated heterocycles. The van der Waals surface area contributed by atoms with Gasteiger partial charge in [0, 0.05) is 51.4 Å². The zero-order valence-electron chi connectivity index (χ0n) is 14.5. The number of rotatable bonds is 6. The van der Waals surface area contributed by atoms with E-state index in [1.165, 1.54) is 6.08 Å². The predicted molar refractivity (Wildman–Crippen MR) is 98.4 cm³/mol. The fraction of sp³-hybridized carbons (Fsp3) is 0.316. The van der Waals surface area contributed by atoms with E-state index in [2.05, 4.69) is 15.2 Å². The molecule has 0 aliphatic carbocycles. The molecule has 2 aromatic heterocycles. The van der Waals surface area contributed by atoms with Gasteiger partial charge < -0.3 is 19.5 Å². The third-order valence-corrected chi connectivity index (χ3v) is 4.19. The van der Waals surface area contributed by atoms with Crippen LogP contribution < -0.4 is 10.2 Å². The smallest absolute Gasteiger partial charge is 0.244 e. The van der Waals surface area contributed by atoms with E-state index in [9.17, 15) is 9.59 Å². The van der Waals surface area contributed by atoms with Gasteiger partial charge in [0.25, 0.3) is 0 Å². The van der Waals surface area contributed by atoms with E-state index in [0.29, 0.717) is 31.8 Å². The van der Waals surface area contributed by atoms with Crippen LogP contribution in [0.15, 0.2) is 53.3 Å². The Morgan fingerprint density at radius 1 is 1.15 bits per heavy atom. The van der Waals surface area contributed by atoms with Gasteiger partial charge in [0.1, 0.15) is 11.6 Å². The molecule has 7 heteroatoms. The molecule has 3 heterocycles. The molecular weight excluding hydrogens is 332 g/mol. The highest BCUT2D eigenvalue weighted by atomic mass is 16.3. The first kappa shape index (κ1) is 17.7. The molecule has 3 rings (SSSR count). The van der Waals surface area contributed by atoms with Crippen molar-refractivity contribution in [3.63, 3.8) is 0 Å². The van der Waals surface area contributed by atoms with Gasteiger partial charge in [-0.2, -0.15) is 0 Å². The second-order valence-corrected chi connectivity index (χ2v) is 5.95. The molecule has 0 bridgehead atoms.